The second kappa shape index (κ2) is 7.76. The SMILES string of the molecule is C[C@H]1[C@H](/C=C/c2ccc(-c3ccccc3C#N)cn2)[C@@H]2CS(=O)(=O)C[C@@H]2C[C@@H]1C. The summed E-state index contributed by atoms with van der Waals surface area (Å²) in [4.78, 5) is 4.56. The fraction of sp³-hybridized carbons (Fsp3) is 0.417. The Morgan fingerprint density at radius 1 is 1.14 bits per heavy atom. The maximum Gasteiger partial charge on any atom is 0.150 e. The molecule has 0 spiro atoms. The zero-order valence-corrected chi connectivity index (χ0v) is 17.6. The van der Waals surface area contributed by atoms with Crippen molar-refractivity contribution >= 4 is 15.9 Å². The molecule has 4 nitrogen and oxygen atoms in total. The molecule has 29 heavy (non-hydrogen) atoms. The van der Waals surface area contributed by atoms with Crippen LogP contribution < -0.4 is 0 Å². The van der Waals surface area contributed by atoms with Crippen molar-refractivity contribution in [3.8, 4) is 17.2 Å². The van der Waals surface area contributed by atoms with Gasteiger partial charge in [-0.2, -0.15) is 5.26 Å². The minimum atomic E-state index is -2.91. The molecular weight excluding hydrogens is 380 g/mol. The summed E-state index contributed by atoms with van der Waals surface area (Å²) in [6.45, 7) is 4.49. The summed E-state index contributed by atoms with van der Waals surface area (Å²) in [6, 6.07) is 13.7. The van der Waals surface area contributed by atoms with Gasteiger partial charge in [0.05, 0.1) is 28.8 Å². The molecule has 2 aliphatic rings. The highest BCUT2D eigenvalue weighted by atomic mass is 32.2. The van der Waals surface area contributed by atoms with Gasteiger partial charge in [0, 0.05) is 17.3 Å². The fourth-order valence-corrected chi connectivity index (χ4v) is 7.35. The number of fused-ring (bicyclic) bond motifs is 1. The maximum absolute atomic E-state index is 12.2. The Hall–Kier alpha value is -2.45. The van der Waals surface area contributed by atoms with Crippen LogP contribution in [0.2, 0.25) is 0 Å². The van der Waals surface area contributed by atoms with Crippen molar-refractivity contribution in [2.24, 2.45) is 29.6 Å². The summed E-state index contributed by atoms with van der Waals surface area (Å²) in [6.07, 6.45) is 7.03. The topological polar surface area (TPSA) is 70.8 Å². The molecule has 0 unspecified atom stereocenters. The first-order valence-corrected chi connectivity index (χ1v) is 12.0. The van der Waals surface area contributed by atoms with E-state index in [0.29, 0.717) is 34.8 Å². The van der Waals surface area contributed by atoms with Crippen LogP contribution in [0, 0.1) is 40.9 Å². The van der Waals surface area contributed by atoms with Crippen LogP contribution in [-0.4, -0.2) is 24.9 Å². The summed E-state index contributed by atoms with van der Waals surface area (Å²) in [7, 11) is -2.91. The van der Waals surface area contributed by atoms with E-state index in [2.05, 4.69) is 31.0 Å². The van der Waals surface area contributed by atoms with Gasteiger partial charge in [0.1, 0.15) is 0 Å². The van der Waals surface area contributed by atoms with E-state index in [4.69, 9.17) is 0 Å². The summed E-state index contributed by atoms with van der Waals surface area (Å²) in [5.41, 5.74) is 3.29. The first-order chi connectivity index (χ1) is 13.9. The third-order valence-electron chi connectivity index (χ3n) is 6.83. The van der Waals surface area contributed by atoms with Crippen LogP contribution in [0.25, 0.3) is 17.2 Å². The van der Waals surface area contributed by atoms with Gasteiger partial charge in [-0.3, -0.25) is 4.98 Å². The van der Waals surface area contributed by atoms with Crippen LogP contribution in [0.5, 0.6) is 0 Å². The molecule has 2 heterocycles. The number of pyridine rings is 1. The van der Waals surface area contributed by atoms with Gasteiger partial charge in [0.15, 0.2) is 9.84 Å². The van der Waals surface area contributed by atoms with Crippen molar-refractivity contribution in [2.75, 3.05) is 11.5 Å². The molecule has 0 N–H and O–H groups in total. The predicted octanol–water partition coefficient (Wildman–Crippen LogP) is 4.59. The van der Waals surface area contributed by atoms with Crippen LogP contribution in [-0.2, 0) is 9.84 Å². The van der Waals surface area contributed by atoms with E-state index in [0.717, 1.165) is 23.2 Å². The third-order valence-corrected chi connectivity index (χ3v) is 8.66. The van der Waals surface area contributed by atoms with Gasteiger partial charge in [-0.05, 0) is 54.2 Å². The molecule has 1 aliphatic heterocycles. The fourth-order valence-electron chi connectivity index (χ4n) is 5.10. The van der Waals surface area contributed by atoms with E-state index < -0.39 is 9.84 Å². The minimum absolute atomic E-state index is 0.226. The second-order valence-electron chi connectivity index (χ2n) is 8.64. The number of hydrogen-bond donors (Lipinski definition) is 0. The van der Waals surface area contributed by atoms with E-state index >= 15 is 0 Å². The summed E-state index contributed by atoms with van der Waals surface area (Å²) in [5.74, 6) is 2.44. The standard InChI is InChI=1S/C24H26N2O2S/c1-16-11-20-14-29(27,28)15-24(20)22(17(16)2)10-9-21-8-7-19(13-26-21)23-6-4-3-5-18(23)12-25/h3-10,13,16-17,20,22,24H,11,14-15H2,1-2H3/b10-9+/t16-,17+,20-,22-,24+/m0/s1. The van der Waals surface area contributed by atoms with Crippen LogP contribution >= 0.6 is 0 Å². The van der Waals surface area contributed by atoms with Gasteiger partial charge in [0.2, 0.25) is 0 Å². The molecule has 2 fully saturated rings. The Morgan fingerprint density at radius 3 is 2.66 bits per heavy atom. The van der Waals surface area contributed by atoms with Crippen molar-refractivity contribution in [2.45, 2.75) is 20.3 Å². The first kappa shape index (κ1) is 19.8. The van der Waals surface area contributed by atoms with Gasteiger partial charge >= 0.3 is 0 Å². The first-order valence-electron chi connectivity index (χ1n) is 10.2. The second-order valence-corrected chi connectivity index (χ2v) is 10.8. The Morgan fingerprint density at radius 2 is 1.93 bits per heavy atom. The number of nitrogens with zero attached hydrogens (tertiary/aromatic N) is 2. The molecule has 5 heteroatoms. The Balaban J connectivity index is 1.56. The summed E-state index contributed by atoms with van der Waals surface area (Å²) < 4.78 is 24.4. The normalized spacial score (nSPS) is 30.7. The minimum Gasteiger partial charge on any atom is -0.256 e. The van der Waals surface area contributed by atoms with Crippen LogP contribution in [0.4, 0.5) is 0 Å². The summed E-state index contributed by atoms with van der Waals surface area (Å²) in [5, 5.41) is 9.30. The zero-order chi connectivity index (χ0) is 20.6. The number of sulfone groups is 1. The van der Waals surface area contributed by atoms with Crippen molar-refractivity contribution in [3.05, 3.63) is 59.9 Å². The van der Waals surface area contributed by atoms with Crippen LogP contribution in [0.3, 0.4) is 0 Å². The Labute approximate surface area is 173 Å². The number of benzene rings is 1. The molecule has 1 aromatic carbocycles. The van der Waals surface area contributed by atoms with Crippen LogP contribution in [0.15, 0.2) is 48.7 Å². The lowest BCUT2D eigenvalue weighted by molar-refractivity contribution is 0.116. The number of allylic oxidation sites excluding steroid dienone is 1. The van der Waals surface area contributed by atoms with E-state index in [-0.39, 0.29) is 11.8 Å². The maximum atomic E-state index is 12.2. The lowest BCUT2D eigenvalue weighted by atomic mass is 9.64. The zero-order valence-electron chi connectivity index (χ0n) is 16.8. The van der Waals surface area contributed by atoms with Gasteiger partial charge in [-0.1, -0.05) is 44.2 Å². The Kier molecular flexibility index (Phi) is 5.31. The largest absolute Gasteiger partial charge is 0.256 e. The quantitative estimate of drug-likeness (QED) is 0.748. The molecule has 5 atom stereocenters. The van der Waals surface area contributed by atoms with Crippen LogP contribution in [0.1, 0.15) is 31.5 Å². The van der Waals surface area contributed by atoms with E-state index in [1.54, 1.807) is 12.3 Å². The number of aromatic nitrogens is 1. The van der Waals surface area contributed by atoms with Gasteiger partial charge < -0.3 is 0 Å². The molecule has 1 aromatic heterocycles. The molecular formula is C24H26N2O2S. The molecule has 0 amide bonds. The lowest BCUT2D eigenvalue weighted by Gasteiger charge is -2.40. The van der Waals surface area contributed by atoms with Crippen molar-refractivity contribution in [1.82, 2.24) is 4.98 Å². The predicted molar refractivity (Wildman–Crippen MR) is 115 cm³/mol. The highest BCUT2D eigenvalue weighted by Gasteiger charge is 2.47. The van der Waals surface area contributed by atoms with Gasteiger partial charge in [-0.25, -0.2) is 8.42 Å². The molecule has 1 saturated carbocycles. The van der Waals surface area contributed by atoms with E-state index in [9.17, 15) is 13.7 Å². The molecule has 1 aliphatic carbocycles. The smallest absolute Gasteiger partial charge is 0.150 e. The van der Waals surface area contributed by atoms with Gasteiger partial charge in [-0.15, -0.1) is 0 Å². The third kappa shape index (κ3) is 4.00. The van der Waals surface area contributed by atoms with E-state index in [1.807, 2.05) is 36.4 Å². The monoisotopic (exact) mass is 406 g/mol. The highest BCUT2D eigenvalue weighted by molar-refractivity contribution is 7.91. The molecule has 1 saturated heterocycles. The molecule has 2 aromatic rings. The average Bonchev–Trinajstić information content (AvgIpc) is 3.02. The number of hydrogen-bond acceptors (Lipinski definition) is 4. The molecule has 150 valence electrons. The van der Waals surface area contributed by atoms with Crippen molar-refractivity contribution in [3.63, 3.8) is 0 Å². The van der Waals surface area contributed by atoms with E-state index in [1.165, 1.54) is 0 Å². The van der Waals surface area contributed by atoms with Crippen molar-refractivity contribution < 1.29 is 8.42 Å². The highest BCUT2D eigenvalue weighted by Crippen LogP contribution is 2.47. The van der Waals surface area contributed by atoms with Crippen molar-refractivity contribution in [1.29, 1.82) is 5.26 Å². The van der Waals surface area contributed by atoms with Gasteiger partial charge in [0.25, 0.3) is 0 Å². The molecule has 0 bridgehead atoms. The molecule has 0 radical (unpaired) electrons. The molecule has 4 rings (SSSR count). The summed E-state index contributed by atoms with van der Waals surface area (Å²) >= 11 is 0. The number of nitriles is 1. The number of rotatable bonds is 3. The average molecular weight is 407 g/mol. The lowest BCUT2D eigenvalue weighted by Crippen LogP contribution is -2.36. The Bertz CT molecular complexity index is 1070.